The van der Waals surface area contributed by atoms with Gasteiger partial charge in [-0.05, 0) is 34.5 Å². The third kappa shape index (κ3) is 4.02. The van der Waals surface area contributed by atoms with E-state index in [1.807, 2.05) is 24.0 Å². The van der Waals surface area contributed by atoms with Crippen LogP contribution in [0.3, 0.4) is 0 Å². The highest BCUT2D eigenvalue weighted by Gasteiger charge is 2.23. The number of hydrogen-bond acceptors (Lipinski definition) is 4. The zero-order valence-electron chi connectivity index (χ0n) is 11.0. The highest BCUT2D eigenvalue weighted by molar-refractivity contribution is 9.11. The fourth-order valence-corrected chi connectivity index (χ4v) is 3.50. The summed E-state index contributed by atoms with van der Waals surface area (Å²) in [7, 11) is 0. The zero-order valence-corrected chi connectivity index (χ0v) is 13.4. The molecule has 0 unspecified atom stereocenters. The number of aliphatic hydroxyl groups excluding tert-OH is 1. The maximum atomic E-state index is 12.2. The number of amides is 1. The van der Waals surface area contributed by atoms with Crippen LogP contribution in [0.25, 0.3) is 0 Å². The molecular formula is C13H19BrN2O2S. The Labute approximate surface area is 126 Å². The molecule has 1 amide bonds. The fraction of sp³-hybridized carbons (Fsp3) is 0.615. The van der Waals surface area contributed by atoms with Crippen LogP contribution in [0, 0.1) is 0 Å². The first-order chi connectivity index (χ1) is 9.10. The van der Waals surface area contributed by atoms with Gasteiger partial charge in [0.05, 0.1) is 14.8 Å². The molecule has 0 spiro atoms. The van der Waals surface area contributed by atoms with Gasteiger partial charge in [-0.3, -0.25) is 9.69 Å². The Morgan fingerprint density at radius 2 is 2.11 bits per heavy atom. The predicted octanol–water partition coefficient (Wildman–Crippen LogP) is 2.04. The molecule has 1 aliphatic heterocycles. The van der Waals surface area contributed by atoms with Crippen molar-refractivity contribution in [3.8, 4) is 0 Å². The first-order valence-corrected chi connectivity index (χ1v) is 8.16. The Balaban J connectivity index is 1.84. The molecule has 6 heteroatoms. The van der Waals surface area contributed by atoms with Gasteiger partial charge in [0.1, 0.15) is 0 Å². The lowest BCUT2D eigenvalue weighted by Crippen LogP contribution is -2.50. The molecule has 0 aliphatic carbocycles. The van der Waals surface area contributed by atoms with Gasteiger partial charge in [0, 0.05) is 32.7 Å². The van der Waals surface area contributed by atoms with Crippen molar-refractivity contribution in [1.82, 2.24) is 9.80 Å². The molecule has 1 aliphatic rings. The molecule has 1 aromatic heterocycles. The Hall–Kier alpha value is -0.430. The molecule has 4 nitrogen and oxygen atoms in total. The number of hydrogen-bond donors (Lipinski definition) is 1. The van der Waals surface area contributed by atoms with E-state index in [0.29, 0.717) is 6.54 Å². The molecule has 0 aromatic carbocycles. The SMILES string of the molecule is CC[C@H](O)CN1CCN(C(=O)c2ccc(Br)s2)CC1. The van der Waals surface area contributed by atoms with Crippen LogP contribution in [0.1, 0.15) is 23.0 Å². The first kappa shape index (κ1) is 15.0. The minimum Gasteiger partial charge on any atom is -0.392 e. The second-order valence-corrected chi connectivity index (χ2v) is 7.22. The van der Waals surface area contributed by atoms with Gasteiger partial charge < -0.3 is 10.0 Å². The molecule has 2 heterocycles. The summed E-state index contributed by atoms with van der Waals surface area (Å²) >= 11 is 4.86. The topological polar surface area (TPSA) is 43.8 Å². The van der Waals surface area contributed by atoms with Gasteiger partial charge in [0.15, 0.2) is 0 Å². The molecule has 0 bridgehead atoms. The van der Waals surface area contributed by atoms with Gasteiger partial charge in [-0.25, -0.2) is 0 Å². The molecule has 19 heavy (non-hydrogen) atoms. The lowest BCUT2D eigenvalue weighted by molar-refractivity contribution is 0.0527. The monoisotopic (exact) mass is 346 g/mol. The summed E-state index contributed by atoms with van der Waals surface area (Å²) in [5, 5.41) is 9.64. The van der Waals surface area contributed by atoms with Crippen LogP contribution < -0.4 is 0 Å². The highest BCUT2D eigenvalue weighted by atomic mass is 79.9. The average Bonchev–Trinajstić information content (AvgIpc) is 2.85. The Morgan fingerprint density at radius 3 is 2.63 bits per heavy atom. The second kappa shape index (κ2) is 6.83. The smallest absolute Gasteiger partial charge is 0.264 e. The molecule has 0 radical (unpaired) electrons. The first-order valence-electron chi connectivity index (χ1n) is 6.55. The van der Waals surface area contributed by atoms with Crippen LogP contribution in [0.2, 0.25) is 0 Å². The van der Waals surface area contributed by atoms with Crippen molar-refractivity contribution >= 4 is 33.2 Å². The molecular weight excluding hydrogens is 328 g/mol. The standard InChI is InChI=1S/C13H19BrN2O2S/c1-2-10(17)9-15-5-7-16(8-6-15)13(18)11-3-4-12(14)19-11/h3-4,10,17H,2,5-9H2,1H3/t10-/m0/s1. The number of thiophene rings is 1. The van der Waals surface area contributed by atoms with Gasteiger partial charge in [-0.2, -0.15) is 0 Å². The van der Waals surface area contributed by atoms with Crippen molar-refractivity contribution in [2.24, 2.45) is 0 Å². The Morgan fingerprint density at radius 1 is 1.42 bits per heavy atom. The fourth-order valence-electron chi connectivity index (χ4n) is 2.15. The van der Waals surface area contributed by atoms with Crippen LogP contribution >= 0.6 is 27.3 Å². The number of aliphatic hydroxyl groups is 1. The molecule has 1 fully saturated rings. The lowest BCUT2D eigenvalue weighted by Gasteiger charge is -2.35. The molecule has 106 valence electrons. The number of carbonyl (C=O) groups excluding carboxylic acids is 1. The van der Waals surface area contributed by atoms with E-state index in [4.69, 9.17) is 0 Å². The average molecular weight is 347 g/mol. The van der Waals surface area contributed by atoms with E-state index in [-0.39, 0.29) is 12.0 Å². The van der Waals surface area contributed by atoms with Gasteiger partial charge in [-0.1, -0.05) is 6.92 Å². The molecule has 0 saturated carbocycles. The molecule has 1 aromatic rings. The van der Waals surface area contributed by atoms with Gasteiger partial charge in [-0.15, -0.1) is 11.3 Å². The van der Waals surface area contributed by atoms with E-state index in [1.54, 1.807) is 0 Å². The van der Waals surface area contributed by atoms with Crippen LogP contribution in [0.5, 0.6) is 0 Å². The molecule has 1 atom stereocenters. The van der Waals surface area contributed by atoms with Crippen molar-refractivity contribution in [2.45, 2.75) is 19.4 Å². The Kier molecular flexibility index (Phi) is 5.38. The van der Waals surface area contributed by atoms with E-state index in [2.05, 4.69) is 20.8 Å². The van der Waals surface area contributed by atoms with Crippen LogP contribution in [-0.4, -0.2) is 59.6 Å². The largest absolute Gasteiger partial charge is 0.392 e. The maximum Gasteiger partial charge on any atom is 0.264 e. The maximum absolute atomic E-state index is 12.2. The molecule has 1 saturated heterocycles. The minimum absolute atomic E-state index is 0.117. The van der Waals surface area contributed by atoms with Crippen molar-refractivity contribution < 1.29 is 9.90 Å². The van der Waals surface area contributed by atoms with Gasteiger partial charge in [0.2, 0.25) is 0 Å². The molecule has 2 rings (SSSR count). The number of halogens is 1. The predicted molar refractivity (Wildman–Crippen MR) is 80.7 cm³/mol. The lowest BCUT2D eigenvalue weighted by atomic mass is 10.2. The van der Waals surface area contributed by atoms with Gasteiger partial charge >= 0.3 is 0 Å². The number of carbonyl (C=O) groups is 1. The van der Waals surface area contributed by atoms with E-state index >= 15 is 0 Å². The number of β-amino-alcohol motifs (C(OH)–C–C–N with tert-alkyl or cyclic N) is 1. The van der Waals surface area contributed by atoms with E-state index in [1.165, 1.54) is 11.3 Å². The normalized spacial score (nSPS) is 18.6. The van der Waals surface area contributed by atoms with E-state index in [0.717, 1.165) is 41.3 Å². The minimum atomic E-state index is -0.254. The van der Waals surface area contributed by atoms with Gasteiger partial charge in [0.25, 0.3) is 5.91 Å². The third-order valence-corrected chi connectivity index (χ3v) is 5.00. The number of rotatable bonds is 4. The van der Waals surface area contributed by atoms with Crippen LogP contribution in [-0.2, 0) is 0 Å². The van der Waals surface area contributed by atoms with Crippen molar-refractivity contribution in [3.05, 3.63) is 20.8 Å². The van der Waals surface area contributed by atoms with Crippen LogP contribution in [0.15, 0.2) is 15.9 Å². The summed E-state index contributed by atoms with van der Waals surface area (Å²) < 4.78 is 0.987. The summed E-state index contributed by atoms with van der Waals surface area (Å²) in [6, 6.07) is 3.77. The summed E-state index contributed by atoms with van der Waals surface area (Å²) in [6.07, 6.45) is 0.526. The Bertz CT molecular complexity index is 430. The van der Waals surface area contributed by atoms with E-state index < -0.39 is 0 Å². The van der Waals surface area contributed by atoms with Crippen LogP contribution in [0.4, 0.5) is 0 Å². The highest BCUT2D eigenvalue weighted by Crippen LogP contribution is 2.23. The summed E-state index contributed by atoms with van der Waals surface area (Å²) in [4.78, 5) is 17.2. The quantitative estimate of drug-likeness (QED) is 0.907. The third-order valence-electron chi connectivity index (χ3n) is 3.38. The number of nitrogens with zero attached hydrogens (tertiary/aromatic N) is 2. The summed E-state index contributed by atoms with van der Waals surface area (Å²) in [5.74, 6) is 0.117. The summed E-state index contributed by atoms with van der Waals surface area (Å²) in [6.45, 7) is 5.86. The summed E-state index contributed by atoms with van der Waals surface area (Å²) in [5.41, 5.74) is 0. The second-order valence-electron chi connectivity index (χ2n) is 4.76. The van der Waals surface area contributed by atoms with Crippen molar-refractivity contribution in [2.75, 3.05) is 32.7 Å². The zero-order chi connectivity index (χ0) is 13.8. The van der Waals surface area contributed by atoms with E-state index in [9.17, 15) is 9.90 Å². The molecule has 1 N–H and O–H groups in total. The van der Waals surface area contributed by atoms with Crippen molar-refractivity contribution in [3.63, 3.8) is 0 Å². The van der Waals surface area contributed by atoms with Crippen molar-refractivity contribution in [1.29, 1.82) is 0 Å². The number of piperazine rings is 1.